The van der Waals surface area contributed by atoms with Crippen molar-refractivity contribution in [2.45, 2.75) is 19.9 Å². The quantitative estimate of drug-likeness (QED) is 0.520. The lowest BCUT2D eigenvalue weighted by Gasteiger charge is -2.36. The van der Waals surface area contributed by atoms with Crippen LogP contribution in [-0.4, -0.2) is 30.8 Å². The smallest absolute Gasteiger partial charge is 0.338 e. The van der Waals surface area contributed by atoms with Gasteiger partial charge < -0.3 is 19.9 Å². The van der Waals surface area contributed by atoms with Crippen LogP contribution in [0.2, 0.25) is 0 Å². The van der Waals surface area contributed by atoms with Gasteiger partial charge in [-0.25, -0.2) is 9.59 Å². The fourth-order valence-corrected chi connectivity index (χ4v) is 4.27. The van der Waals surface area contributed by atoms with Crippen LogP contribution in [0, 0.1) is 0 Å². The normalized spacial score (nSPS) is 16.4. The number of nitrogens with one attached hydrogen (secondary N) is 1. The number of anilines is 1. The summed E-state index contributed by atoms with van der Waals surface area (Å²) >= 11 is 6.77. The molecule has 30 heavy (non-hydrogen) atoms. The van der Waals surface area contributed by atoms with Gasteiger partial charge in [-0.15, -0.1) is 0 Å². The fraction of sp³-hybridized carbons (Fsp3) is 0.238. The van der Waals surface area contributed by atoms with Gasteiger partial charge in [-0.05, 0) is 69.5 Å². The number of hydrogen-bond acceptors (Lipinski definition) is 5. The van der Waals surface area contributed by atoms with E-state index in [2.05, 4.69) is 37.2 Å². The Labute approximate surface area is 190 Å². The molecule has 1 atom stereocenters. The average Bonchev–Trinajstić information content (AvgIpc) is 2.73. The van der Waals surface area contributed by atoms with E-state index in [0.29, 0.717) is 25.9 Å². The van der Waals surface area contributed by atoms with Crippen molar-refractivity contribution < 1.29 is 24.2 Å². The molecule has 0 aliphatic carbocycles. The monoisotopic (exact) mass is 538 g/mol. The van der Waals surface area contributed by atoms with Gasteiger partial charge in [0.15, 0.2) is 11.5 Å². The Hall–Kier alpha value is -2.52. The van der Waals surface area contributed by atoms with Crippen molar-refractivity contribution >= 4 is 49.5 Å². The minimum Gasteiger partial charge on any atom is -0.503 e. The van der Waals surface area contributed by atoms with E-state index in [0.717, 1.165) is 0 Å². The van der Waals surface area contributed by atoms with Crippen LogP contribution < -0.4 is 15.0 Å². The van der Waals surface area contributed by atoms with Crippen molar-refractivity contribution in [1.29, 1.82) is 0 Å². The van der Waals surface area contributed by atoms with Gasteiger partial charge in [0.2, 0.25) is 0 Å². The molecule has 0 unspecified atom stereocenters. The minimum atomic E-state index is -0.823. The number of esters is 1. The van der Waals surface area contributed by atoms with Gasteiger partial charge in [-0.2, -0.15) is 0 Å². The molecule has 0 bridgehead atoms. The van der Waals surface area contributed by atoms with Crippen LogP contribution in [0.1, 0.15) is 25.5 Å². The summed E-state index contributed by atoms with van der Waals surface area (Å²) < 4.78 is 11.4. The molecule has 3 rings (SSSR count). The first-order chi connectivity index (χ1) is 14.3. The number of para-hydroxylation sites is 1. The first kappa shape index (κ1) is 22.2. The Morgan fingerprint density at radius 2 is 1.90 bits per heavy atom. The van der Waals surface area contributed by atoms with Crippen molar-refractivity contribution in [3.05, 3.63) is 62.2 Å². The number of phenols is 1. The Balaban J connectivity index is 2.23. The Kier molecular flexibility index (Phi) is 6.72. The molecular weight excluding hydrogens is 520 g/mol. The summed E-state index contributed by atoms with van der Waals surface area (Å²) in [6.07, 6.45) is 0. The predicted octanol–water partition coefficient (Wildman–Crippen LogP) is 5.03. The molecule has 1 heterocycles. The van der Waals surface area contributed by atoms with Crippen LogP contribution in [0.4, 0.5) is 10.5 Å². The zero-order valence-electron chi connectivity index (χ0n) is 16.5. The zero-order chi connectivity index (χ0) is 22.0. The minimum absolute atomic E-state index is 0.0976. The number of carbonyl (C=O) groups excluding carboxylic acids is 2. The molecule has 1 aliphatic rings. The van der Waals surface area contributed by atoms with Gasteiger partial charge >= 0.3 is 12.0 Å². The number of amides is 2. The summed E-state index contributed by atoms with van der Waals surface area (Å²) in [6.45, 7) is 3.60. The molecule has 0 saturated carbocycles. The van der Waals surface area contributed by atoms with Crippen LogP contribution in [0.25, 0.3) is 0 Å². The number of rotatable bonds is 5. The Bertz CT molecular complexity index is 1020. The molecule has 2 amide bonds. The number of aromatic hydroxyl groups is 1. The summed E-state index contributed by atoms with van der Waals surface area (Å²) in [4.78, 5) is 27.4. The van der Waals surface area contributed by atoms with Crippen LogP contribution in [0.15, 0.2) is 56.6 Å². The maximum atomic E-state index is 13.1. The molecule has 2 aromatic rings. The van der Waals surface area contributed by atoms with Crippen molar-refractivity contribution in [2.24, 2.45) is 0 Å². The molecule has 2 N–H and O–H groups in total. The number of benzene rings is 2. The van der Waals surface area contributed by atoms with E-state index < -0.39 is 18.0 Å². The highest BCUT2D eigenvalue weighted by atomic mass is 79.9. The number of methoxy groups -OCH3 is 1. The van der Waals surface area contributed by atoms with Crippen molar-refractivity contribution in [3.63, 3.8) is 0 Å². The van der Waals surface area contributed by atoms with Crippen molar-refractivity contribution in [2.75, 3.05) is 18.6 Å². The van der Waals surface area contributed by atoms with Gasteiger partial charge in [-0.1, -0.05) is 18.2 Å². The molecule has 0 aromatic heterocycles. The number of nitrogens with zero attached hydrogens (tertiary/aromatic N) is 1. The number of hydrogen-bond donors (Lipinski definition) is 2. The highest BCUT2D eigenvalue weighted by Gasteiger charge is 2.38. The molecule has 1 aliphatic heterocycles. The summed E-state index contributed by atoms with van der Waals surface area (Å²) in [6, 6.07) is 9.37. The Morgan fingerprint density at radius 1 is 1.23 bits per heavy atom. The second-order valence-corrected chi connectivity index (χ2v) is 8.00. The van der Waals surface area contributed by atoms with Gasteiger partial charge in [0.05, 0.1) is 35.5 Å². The average molecular weight is 540 g/mol. The third kappa shape index (κ3) is 3.91. The molecule has 7 nitrogen and oxygen atoms in total. The lowest BCUT2D eigenvalue weighted by Crippen LogP contribution is -2.48. The second-order valence-electron chi connectivity index (χ2n) is 6.42. The van der Waals surface area contributed by atoms with Gasteiger partial charge in [0, 0.05) is 10.2 Å². The number of phenolic OH excluding ortho intramolecular Hbond substituents is 1. The Morgan fingerprint density at radius 3 is 2.50 bits per heavy atom. The van der Waals surface area contributed by atoms with E-state index in [-0.39, 0.29) is 23.7 Å². The van der Waals surface area contributed by atoms with E-state index in [1.54, 1.807) is 32.0 Å². The third-order valence-corrected chi connectivity index (χ3v) is 6.86. The first-order valence-electron chi connectivity index (χ1n) is 9.10. The standard InChI is InChI=1S/C21H20Br2N2O5/c1-4-30-20(27)15-11(2)25(12-8-6-5-7-9-12)21(28)24-18(15)13-10-14(29-3)19(26)17(23)16(13)22/h5-10,18,26H,4H2,1-3H3,(H,24,28)/t18-/m1/s1. The first-order valence-corrected chi connectivity index (χ1v) is 10.7. The van der Waals surface area contributed by atoms with Gasteiger partial charge in [-0.3, -0.25) is 4.90 Å². The topological polar surface area (TPSA) is 88.1 Å². The predicted molar refractivity (Wildman–Crippen MR) is 120 cm³/mol. The van der Waals surface area contributed by atoms with Crippen LogP contribution in [0.3, 0.4) is 0 Å². The van der Waals surface area contributed by atoms with Crippen molar-refractivity contribution in [3.8, 4) is 11.5 Å². The lowest BCUT2D eigenvalue weighted by atomic mass is 9.94. The molecule has 158 valence electrons. The maximum Gasteiger partial charge on any atom is 0.338 e. The zero-order valence-corrected chi connectivity index (χ0v) is 19.7. The summed E-state index contributed by atoms with van der Waals surface area (Å²) in [5.74, 6) is -0.448. The fourth-order valence-electron chi connectivity index (χ4n) is 3.31. The third-order valence-electron chi connectivity index (χ3n) is 4.70. The number of ether oxygens (including phenoxy) is 2. The lowest BCUT2D eigenvalue weighted by molar-refractivity contribution is -0.139. The van der Waals surface area contributed by atoms with Gasteiger partial charge in [0.1, 0.15) is 0 Å². The summed E-state index contributed by atoms with van der Waals surface area (Å²) in [5.41, 5.74) is 1.88. The SMILES string of the molecule is CCOC(=O)C1=C(C)N(c2ccccc2)C(=O)N[C@@H]1c1cc(OC)c(O)c(Br)c1Br. The van der Waals surface area contributed by atoms with Crippen LogP contribution in [0.5, 0.6) is 11.5 Å². The van der Waals surface area contributed by atoms with E-state index >= 15 is 0 Å². The molecular formula is C21H20Br2N2O5. The number of allylic oxidation sites excluding steroid dienone is 1. The number of carbonyl (C=O) groups is 2. The van der Waals surface area contributed by atoms with E-state index in [4.69, 9.17) is 9.47 Å². The summed E-state index contributed by atoms with van der Waals surface area (Å²) in [7, 11) is 1.42. The maximum absolute atomic E-state index is 13.1. The molecule has 0 fully saturated rings. The van der Waals surface area contributed by atoms with Crippen molar-refractivity contribution in [1.82, 2.24) is 5.32 Å². The number of halogens is 2. The molecule has 0 spiro atoms. The van der Waals surface area contributed by atoms with Crippen LogP contribution in [-0.2, 0) is 9.53 Å². The largest absolute Gasteiger partial charge is 0.503 e. The highest BCUT2D eigenvalue weighted by Crippen LogP contribution is 2.46. The highest BCUT2D eigenvalue weighted by molar-refractivity contribution is 9.13. The molecule has 0 saturated heterocycles. The van der Waals surface area contributed by atoms with Crippen LogP contribution >= 0.6 is 31.9 Å². The number of urea groups is 1. The van der Waals surface area contributed by atoms with E-state index in [1.165, 1.54) is 12.0 Å². The van der Waals surface area contributed by atoms with E-state index in [1.807, 2.05) is 18.2 Å². The molecule has 9 heteroatoms. The van der Waals surface area contributed by atoms with Gasteiger partial charge in [0.25, 0.3) is 0 Å². The summed E-state index contributed by atoms with van der Waals surface area (Å²) in [5, 5.41) is 13.1. The molecule has 0 radical (unpaired) electrons. The van der Waals surface area contributed by atoms with E-state index in [9.17, 15) is 14.7 Å². The second kappa shape index (κ2) is 9.09. The molecule has 2 aromatic carbocycles.